The molecule has 0 spiro atoms. The van der Waals surface area contributed by atoms with Gasteiger partial charge in [-0.15, -0.1) is 0 Å². The molecule has 1 aromatic rings. The van der Waals surface area contributed by atoms with Gasteiger partial charge >= 0.3 is 0 Å². The molecule has 2 atom stereocenters. The van der Waals surface area contributed by atoms with Crippen LogP contribution in [0.1, 0.15) is 35.7 Å². The summed E-state index contributed by atoms with van der Waals surface area (Å²) in [6.45, 7) is 7.03. The van der Waals surface area contributed by atoms with E-state index in [9.17, 15) is 19.2 Å². The molecule has 0 aromatic heterocycles. The van der Waals surface area contributed by atoms with E-state index in [4.69, 9.17) is 19.9 Å². The number of anilines is 2. The zero-order valence-corrected chi connectivity index (χ0v) is 23.5. The standard InChI is InChI=1S/C27H41N7O7/c1-18-14-29-6-8-33(18)23(36)15-31-20-3-2-19-16-34(21-4-5-22(35)32-26(21)37)27(38)24(19)25(20)30-7-9-39-10-11-40-12-13-41-17-28/h2-3,18,21,29-31H,4-17,28H2,1H3,(H,32,35,37). The first-order valence-electron chi connectivity index (χ1n) is 14.1. The molecule has 2 unspecified atom stereocenters. The summed E-state index contributed by atoms with van der Waals surface area (Å²) in [5.74, 6) is -1.11. The van der Waals surface area contributed by atoms with Gasteiger partial charge in [-0.2, -0.15) is 0 Å². The Morgan fingerprint density at radius 3 is 2.56 bits per heavy atom. The summed E-state index contributed by atoms with van der Waals surface area (Å²) in [6, 6.07) is 3.06. The van der Waals surface area contributed by atoms with Crippen molar-refractivity contribution in [3.63, 3.8) is 0 Å². The lowest BCUT2D eigenvalue weighted by atomic mass is 10.0. The number of hydrogen-bond donors (Lipinski definition) is 5. The lowest BCUT2D eigenvalue weighted by Gasteiger charge is -2.34. The summed E-state index contributed by atoms with van der Waals surface area (Å²) in [7, 11) is 0. The average molecular weight is 576 g/mol. The molecular weight excluding hydrogens is 534 g/mol. The van der Waals surface area contributed by atoms with Crippen LogP contribution in [0, 0.1) is 0 Å². The van der Waals surface area contributed by atoms with Gasteiger partial charge in [0.15, 0.2) is 0 Å². The molecule has 0 radical (unpaired) electrons. The zero-order chi connectivity index (χ0) is 29.2. The van der Waals surface area contributed by atoms with Gasteiger partial charge < -0.3 is 45.7 Å². The Labute approximate surface area is 239 Å². The second-order valence-electron chi connectivity index (χ2n) is 10.1. The van der Waals surface area contributed by atoms with Gasteiger partial charge in [0.2, 0.25) is 17.7 Å². The number of nitrogens with one attached hydrogen (secondary N) is 4. The maximum Gasteiger partial charge on any atom is 0.257 e. The second-order valence-corrected chi connectivity index (χ2v) is 10.1. The van der Waals surface area contributed by atoms with Crippen LogP contribution in [0.3, 0.4) is 0 Å². The molecule has 1 aromatic carbocycles. The molecule has 4 rings (SSSR count). The van der Waals surface area contributed by atoms with Crippen molar-refractivity contribution < 1.29 is 33.4 Å². The zero-order valence-electron chi connectivity index (χ0n) is 23.5. The fraction of sp³-hybridized carbons (Fsp3) is 0.630. The van der Waals surface area contributed by atoms with Gasteiger partial charge in [0.25, 0.3) is 5.91 Å². The summed E-state index contributed by atoms with van der Waals surface area (Å²) < 4.78 is 16.1. The van der Waals surface area contributed by atoms with Crippen LogP contribution in [0.2, 0.25) is 0 Å². The van der Waals surface area contributed by atoms with Gasteiger partial charge in [0.05, 0.1) is 63.2 Å². The van der Waals surface area contributed by atoms with E-state index < -0.39 is 11.9 Å². The van der Waals surface area contributed by atoms with Crippen molar-refractivity contribution in [2.45, 2.75) is 38.4 Å². The number of hydrogen-bond acceptors (Lipinski definition) is 11. The molecule has 14 nitrogen and oxygen atoms in total. The molecule has 0 bridgehead atoms. The van der Waals surface area contributed by atoms with Crippen molar-refractivity contribution in [1.29, 1.82) is 0 Å². The minimum Gasteiger partial charge on any atom is -0.380 e. The molecule has 3 aliphatic heterocycles. The predicted octanol–water partition coefficient (Wildman–Crippen LogP) is -0.942. The van der Waals surface area contributed by atoms with Crippen LogP contribution in [0.5, 0.6) is 0 Å². The lowest BCUT2D eigenvalue weighted by Crippen LogP contribution is -2.53. The number of piperidine rings is 1. The average Bonchev–Trinajstić information content (AvgIpc) is 3.29. The highest BCUT2D eigenvalue weighted by Crippen LogP contribution is 2.37. The Balaban J connectivity index is 1.41. The summed E-state index contributed by atoms with van der Waals surface area (Å²) in [5.41, 5.74) is 7.65. The Bertz CT molecular complexity index is 1100. The molecule has 14 heteroatoms. The molecule has 2 saturated heterocycles. The largest absolute Gasteiger partial charge is 0.380 e. The fourth-order valence-corrected chi connectivity index (χ4v) is 5.24. The van der Waals surface area contributed by atoms with Crippen molar-refractivity contribution in [1.82, 2.24) is 20.4 Å². The van der Waals surface area contributed by atoms with E-state index in [1.54, 1.807) is 0 Å². The molecule has 226 valence electrons. The third-order valence-electron chi connectivity index (χ3n) is 7.36. The molecule has 41 heavy (non-hydrogen) atoms. The van der Waals surface area contributed by atoms with Crippen LogP contribution >= 0.6 is 0 Å². The molecule has 3 heterocycles. The Kier molecular flexibility index (Phi) is 11.3. The topological polar surface area (TPSA) is 177 Å². The van der Waals surface area contributed by atoms with Crippen molar-refractivity contribution in [2.24, 2.45) is 5.73 Å². The molecule has 2 fully saturated rings. The third kappa shape index (κ3) is 7.92. The molecule has 4 amide bonds. The Hall–Kier alpha value is -3.30. The predicted molar refractivity (Wildman–Crippen MR) is 150 cm³/mol. The third-order valence-corrected chi connectivity index (χ3v) is 7.36. The maximum atomic E-state index is 13.7. The molecular formula is C27H41N7O7. The van der Waals surface area contributed by atoms with Gasteiger partial charge in [-0.25, -0.2) is 0 Å². The minimum absolute atomic E-state index is 0.0258. The van der Waals surface area contributed by atoms with Crippen LogP contribution in [-0.4, -0.2) is 118 Å². The first kappa shape index (κ1) is 30.7. The number of carbonyl (C=O) groups is 4. The van der Waals surface area contributed by atoms with Crippen LogP contribution in [0.25, 0.3) is 0 Å². The highest BCUT2D eigenvalue weighted by atomic mass is 16.5. The van der Waals surface area contributed by atoms with Crippen molar-refractivity contribution >= 4 is 35.0 Å². The Morgan fingerprint density at radius 2 is 1.83 bits per heavy atom. The van der Waals surface area contributed by atoms with Crippen molar-refractivity contribution in [3.05, 3.63) is 23.3 Å². The quantitative estimate of drug-likeness (QED) is 0.0991. The molecule has 0 saturated carbocycles. The van der Waals surface area contributed by atoms with Crippen molar-refractivity contribution in [2.75, 3.05) is 83.1 Å². The normalized spacial score (nSPS) is 20.7. The van der Waals surface area contributed by atoms with Gasteiger partial charge in [0.1, 0.15) is 6.04 Å². The van der Waals surface area contributed by atoms with Gasteiger partial charge in [-0.3, -0.25) is 24.5 Å². The lowest BCUT2D eigenvalue weighted by molar-refractivity contribution is -0.137. The number of fused-ring (bicyclic) bond motifs is 1. The van der Waals surface area contributed by atoms with E-state index in [1.165, 1.54) is 4.90 Å². The van der Waals surface area contributed by atoms with Crippen molar-refractivity contribution in [3.8, 4) is 0 Å². The Morgan fingerprint density at radius 1 is 1.07 bits per heavy atom. The maximum absolute atomic E-state index is 13.7. The van der Waals surface area contributed by atoms with E-state index in [0.717, 1.165) is 18.7 Å². The highest BCUT2D eigenvalue weighted by Gasteiger charge is 2.40. The number of nitrogens with two attached hydrogens (primary N) is 1. The number of benzene rings is 1. The summed E-state index contributed by atoms with van der Waals surface area (Å²) in [4.78, 5) is 54.2. The summed E-state index contributed by atoms with van der Waals surface area (Å²) >= 11 is 0. The van der Waals surface area contributed by atoms with E-state index in [0.29, 0.717) is 63.1 Å². The van der Waals surface area contributed by atoms with E-state index in [2.05, 4.69) is 21.3 Å². The minimum atomic E-state index is -0.716. The molecule has 6 N–H and O–H groups in total. The van der Waals surface area contributed by atoms with Crippen LogP contribution in [0.15, 0.2) is 12.1 Å². The highest BCUT2D eigenvalue weighted by molar-refractivity contribution is 6.09. The number of rotatable bonds is 15. The van der Waals surface area contributed by atoms with Crippen LogP contribution < -0.4 is 27.0 Å². The van der Waals surface area contributed by atoms with Crippen LogP contribution in [-0.2, 0) is 35.1 Å². The second kappa shape index (κ2) is 15.1. The van der Waals surface area contributed by atoms with E-state index in [-0.39, 0.29) is 56.4 Å². The first-order chi connectivity index (χ1) is 19.9. The van der Waals surface area contributed by atoms with Crippen LogP contribution in [0.4, 0.5) is 11.4 Å². The smallest absolute Gasteiger partial charge is 0.257 e. The number of amides is 4. The molecule has 3 aliphatic rings. The SMILES string of the molecule is CC1CNCCN1C(=O)CNc1ccc2c(c1NCCOCCOCCOCN)C(=O)N(C1CCC(=O)NC1=O)C2. The van der Waals surface area contributed by atoms with Gasteiger partial charge in [-0.1, -0.05) is 6.07 Å². The fourth-order valence-electron chi connectivity index (χ4n) is 5.24. The monoisotopic (exact) mass is 575 g/mol. The number of imide groups is 1. The first-order valence-corrected chi connectivity index (χ1v) is 14.1. The van der Waals surface area contributed by atoms with E-state index >= 15 is 0 Å². The summed E-state index contributed by atoms with van der Waals surface area (Å²) in [5, 5.41) is 12.2. The van der Waals surface area contributed by atoms with Gasteiger partial charge in [0, 0.05) is 45.2 Å². The number of nitrogens with zero attached hydrogens (tertiary/aromatic N) is 2. The summed E-state index contributed by atoms with van der Waals surface area (Å²) in [6.07, 6.45) is 0.464. The molecule has 0 aliphatic carbocycles. The number of piperazine rings is 1. The van der Waals surface area contributed by atoms with Gasteiger partial charge in [-0.05, 0) is 25.0 Å². The number of carbonyl (C=O) groups excluding carboxylic acids is 4. The van der Waals surface area contributed by atoms with E-state index in [1.807, 2.05) is 24.0 Å². The number of ether oxygens (including phenoxy) is 3.